The van der Waals surface area contributed by atoms with Crippen LogP contribution in [0.2, 0.25) is 0 Å². The smallest absolute Gasteiger partial charge is 0.315 e. The second-order valence-corrected chi connectivity index (χ2v) is 7.43. The molecule has 1 aromatic heterocycles. The van der Waals surface area contributed by atoms with Gasteiger partial charge in [0.05, 0.1) is 11.9 Å². The number of carbonyl (C=O) groups excluding carboxylic acids is 1. The zero-order valence-electron chi connectivity index (χ0n) is 13.3. The molecular formula is C15H25N5OS. The van der Waals surface area contributed by atoms with Crippen molar-refractivity contribution in [3.8, 4) is 0 Å². The van der Waals surface area contributed by atoms with Gasteiger partial charge >= 0.3 is 6.03 Å². The third-order valence-corrected chi connectivity index (χ3v) is 5.73. The lowest BCUT2D eigenvalue weighted by molar-refractivity contribution is 0.234. The van der Waals surface area contributed by atoms with Gasteiger partial charge in [-0.05, 0) is 31.9 Å². The van der Waals surface area contributed by atoms with Gasteiger partial charge in [-0.15, -0.1) is 0 Å². The van der Waals surface area contributed by atoms with Gasteiger partial charge in [-0.1, -0.05) is 0 Å². The van der Waals surface area contributed by atoms with E-state index >= 15 is 0 Å². The fourth-order valence-corrected chi connectivity index (χ4v) is 4.18. The predicted octanol–water partition coefficient (Wildman–Crippen LogP) is 1.58. The second kappa shape index (κ2) is 6.81. The van der Waals surface area contributed by atoms with Crippen molar-refractivity contribution in [2.75, 3.05) is 24.2 Å². The van der Waals surface area contributed by atoms with Crippen LogP contribution in [0.25, 0.3) is 0 Å². The Morgan fingerprint density at radius 2 is 2.14 bits per heavy atom. The lowest BCUT2D eigenvalue weighted by Crippen LogP contribution is -2.46. The average molecular weight is 323 g/mol. The van der Waals surface area contributed by atoms with E-state index in [0.29, 0.717) is 11.3 Å². The number of anilines is 1. The number of nitrogens with zero attached hydrogens (tertiary/aromatic N) is 3. The zero-order valence-corrected chi connectivity index (χ0v) is 14.1. The van der Waals surface area contributed by atoms with E-state index in [1.807, 2.05) is 35.9 Å². The number of rotatable bonds is 4. The summed E-state index contributed by atoms with van der Waals surface area (Å²) in [4.78, 5) is 14.4. The Morgan fingerprint density at radius 1 is 1.32 bits per heavy atom. The minimum absolute atomic E-state index is 0.00945. The maximum atomic E-state index is 12.1. The van der Waals surface area contributed by atoms with Crippen LogP contribution >= 0.6 is 11.8 Å². The number of aryl methyl sites for hydroxylation is 1. The zero-order chi connectivity index (χ0) is 15.5. The summed E-state index contributed by atoms with van der Waals surface area (Å²) in [5, 5.41) is 11.2. The molecule has 122 valence electrons. The van der Waals surface area contributed by atoms with E-state index in [2.05, 4.69) is 26.9 Å². The normalized spacial score (nSPS) is 28.1. The molecule has 7 heteroatoms. The van der Waals surface area contributed by atoms with E-state index < -0.39 is 0 Å². The quantitative estimate of drug-likeness (QED) is 0.883. The van der Waals surface area contributed by atoms with E-state index in [9.17, 15) is 4.79 Å². The molecule has 1 saturated heterocycles. The first kappa shape index (κ1) is 15.5. The lowest BCUT2D eigenvalue weighted by atomic mass is 10.2. The van der Waals surface area contributed by atoms with Crippen molar-refractivity contribution >= 4 is 23.5 Å². The molecule has 1 aliphatic heterocycles. The second-order valence-electron chi connectivity index (χ2n) is 6.29. The number of hydrogen-bond acceptors (Lipinski definition) is 4. The molecule has 0 unspecified atom stereocenters. The van der Waals surface area contributed by atoms with E-state index in [0.717, 1.165) is 38.0 Å². The van der Waals surface area contributed by atoms with Crippen molar-refractivity contribution in [1.82, 2.24) is 20.4 Å². The molecule has 1 saturated carbocycles. The fraction of sp³-hybridized carbons (Fsp3) is 0.733. The number of nitrogens with one attached hydrogen (secondary N) is 2. The minimum atomic E-state index is -0.00945. The van der Waals surface area contributed by atoms with Crippen LogP contribution in [0.15, 0.2) is 12.4 Å². The van der Waals surface area contributed by atoms with Gasteiger partial charge in [0.2, 0.25) is 0 Å². The summed E-state index contributed by atoms with van der Waals surface area (Å²) in [6.07, 6.45) is 10.4. The van der Waals surface area contributed by atoms with Gasteiger partial charge < -0.3 is 15.5 Å². The van der Waals surface area contributed by atoms with Gasteiger partial charge in [-0.3, -0.25) is 4.68 Å². The number of amides is 2. The predicted molar refractivity (Wildman–Crippen MR) is 90.4 cm³/mol. The van der Waals surface area contributed by atoms with E-state index in [-0.39, 0.29) is 12.1 Å². The maximum Gasteiger partial charge on any atom is 0.315 e. The summed E-state index contributed by atoms with van der Waals surface area (Å²) in [5.74, 6) is 0. The number of thioether (sulfide) groups is 1. The molecule has 2 heterocycles. The van der Waals surface area contributed by atoms with E-state index in [4.69, 9.17) is 0 Å². The van der Waals surface area contributed by atoms with Crippen LogP contribution < -0.4 is 15.5 Å². The highest BCUT2D eigenvalue weighted by Crippen LogP contribution is 2.28. The molecular weight excluding hydrogens is 298 g/mol. The number of aromatic nitrogens is 2. The van der Waals surface area contributed by atoms with Crippen LogP contribution in [0.4, 0.5) is 10.5 Å². The molecule has 2 aliphatic rings. The first-order valence-corrected chi connectivity index (χ1v) is 9.26. The topological polar surface area (TPSA) is 62.2 Å². The minimum Gasteiger partial charge on any atom is -0.367 e. The van der Waals surface area contributed by atoms with E-state index in [1.165, 1.54) is 6.42 Å². The maximum absolute atomic E-state index is 12.1. The third-order valence-electron chi connectivity index (χ3n) is 4.63. The summed E-state index contributed by atoms with van der Waals surface area (Å²) >= 11 is 1.91. The van der Waals surface area contributed by atoms with Crippen molar-refractivity contribution < 1.29 is 4.79 Å². The van der Waals surface area contributed by atoms with Gasteiger partial charge in [-0.25, -0.2) is 4.79 Å². The van der Waals surface area contributed by atoms with Gasteiger partial charge in [0, 0.05) is 43.7 Å². The Morgan fingerprint density at radius 3 is 2.82 bits per heavy atom. The monoisotopic (exact) mass is 323 g/mol. The summed E-state index contributed by atoms with van der Waals surface area (Å²) in [6, 6.07) is 0.552. The number of urea groups is 1. The van der Waals surface area contributed by atoms with Crippen LogP contribution in [0, 0.1) is 0 Å². The molecule has 0 bridgehead atoms. The van der Waals surface area contributed by atoms with Crippen LogP contribution in [-0.4, -0.2) is 52.5 Å². The average Bonchev–Trinajstić information content (AvgIpc) is 3.19. The molecule has 3 atom stereocenters. The first-order valence-electron chi connectivity index (χ1n) is 7.97. The first-order chi connectivity index (χ1) is 10.6. The van der Waals surface area contributed by atoms with Gasteiger partial charge in [-0.2, -0.15) is 16.9 Å². The molecule has 22 heavy (non-hydrogen) atoms. The van der Waals surface area contributed by atoms with E-state index in [1.54, 1.807) is 0 Å². The number of hydrogen-bond donors (Lipinski definition) is 2. The Balaban J connectivity index is 1.43. The van der Waals surface area contributed by atoms with Crippen molar-refractivity contribution in [3.63, 3.8) is 0 Å². The van der Waals surface area contributed by atoms with Crippen LogP contribution in [0.1, 0.15) is 25.7 Å². The highest BCUT2D eigenvalue weighted by molar-refractivity contribution is 7.99. The number of carbonyl (C=O) groups is 1. The van der Waals surface area contributed by atoms with Crippen LogP contribution in [0.3, 0.4) is 0 Å². The largest absolute Gasteiger partial charge is 0.367 e. The van der Waals surface area contributed by atoms with Gasteiger partial charge in [0.15, 0.2) is 0 Å². The molecule has 2 N–H and O–H groups in total. The highest BCUT2D eigenvalue weighted by Gasteiger charge is 2.28. The SMILES string of the molecule is CS[C@@H]1CC[C@H](NC(=O)N[C@@H]2CCN(c3cnn(C)c3)C2)C1. The van der Waals surface area contributed by atoms with Gasteiger partial charge in [0.1, 0.15) is 0 Å². The molecule has 2 fully saturated rings. The van der Waals surface area contributed by atoms with Crippen molar-refractivity contribution in [3.05, 3.63) is 12.4 Å². The molecule has 0 radical (unpaired) electrons. The summed E-state index contributed by atoms with van der Waals surface area (Å²) in [5.41, 5.74) is 1.13. The molecule has 3 rings (SSSR count). The highest BCUT2D eigenvalue weighted by atomic mass is 32.2. The lowest BCUT2D eigenvalue weighted by Gasteiger charge is -2.19. The Kier molecular flexibility index (Phi) is 4.81. The van der Waals surface area contributed by atoms with Crippen LogP contribution in [0.5, 0.6) is 0 Å². The molecule has 6 nitrogen and oxygen atoms in total. The van der Waals surface area contributed by atoms with Crippen molar-refractivity contribution in [2.45, 2.75) is 43.0 Å². The van der Waals surface area contributed by atoms with Gasteiger partial charge in [0.25, 0.3) is 0 Å². The summed E-state index contributed by atoms with van der Waals surface area (Å²) in [7, 11) is 1.92. The summed E-state index contributed by atoms with van der Waals surface area (Å²) < 4.78 is 1.81. The summed E-state index contributed by atoms with van der Waals surface area (Å²) in [6.45, 7) is 1.83. The van der Waals surface area contributed by atoms with Crippen molar-refractivity contribution in [1.29, 1.82) is 0 Å². The Hall–Kier alpha value is -1.37. The molecule has 1 aromatic rings. The molecule has 1 aliphatic carbocycles. The van der Waals surface area contributed by atoms with Crippen LogP contribution in [-0.2, 0) is 7.05 Å². The van der Waals surface area contributed by atoms with Crippen molar-refractivity contribution in [2.24, 2.45) is 7.05 Å². The Bertz CT molecular complexity index is 520. The third kappa shape index (κ3) is 3.69. The Labute approximate surface area is 136 Å². The molecule has 2 amide bonds. The molecule has 0 aromatic carbocycles. The fourth-order valence-electron chi connectivity index (χ4n) is 3.38. The molecule has 0 spiro atoms. The standard InChI is InChI=1S/C15H25N5OS/c1-19-10-13(8-16-19)20-6-5-12(9-20)18-15(21)17-11-3-4-14(7-11)22-2/h8,10-12,14H,3-7,9H2,1-2H3,(H2,17,18,21)/t11-,12+,14+/m0/s1.